The number of rotatable bonds is 7. The first kappa shape index (κ1) is 16.1. The van der Waals surface area contributed by atoms with Gasteiger partial charge < -0.3 is 10.4 Å². The maximum atomic E-state index is 11.9. The van der Waals surface area contributed by atoms with E-state index in [-0.39, 0.29) is 30.8 Å². The van der Waals surface area contributed by atoms with Crippen molar-refractivity contribution in [1.29, 1.82) is 0 Å². The molecule has 0 aliphatic rings. The molecule has 0 saturated heterocycles. The van der Waals surface area contributed by atoms with Gasteiger partial charge in [-0.15, -0.1) is 0 Å². The molecule has 0 aromatic heterocycles. The Kier molecular flexibility index (Phi) is 6.08. The van der Waals surface area contributed by atoms with Crippen LogP contribution in [0, 0.1) is 10.1 Å². The van der Waals surface area contributed by atoms with Gasteiger partial charge >= 0.3 is 0 Å². The fourth-order valence-corrected chi connectivity index (χ4v) is 1.70. The first-order valence-corrected chi connectivity index (χ1v) is 6.33. The molecule has 0 aliphatic carbocycles. The molecular weight excluding hydrogens is 262 g/mol. The minimum Gasteiger partial charge on any atom is -0.395 e. The lowest BCUT2D eigenvalue weighted by molar-refractivity contribution is -0.384. The summed E-state index contributed by atoms with van der Waals surface area (Å²) >= 11 is 0. The lowest BCUT2D eigenvalue weighted by atomic mass is 10.2. The first-order chi connectivity index (χ1) is 9.43. The zero-order chi connectivity index (χ0) is 15.1. The average Bonchev–Trinajstić information content (AvgIpc) is 2.38. The minimum absolute atomic E-state index is 0.0109. The van der Waals surface area contributed by atoms with Crippen LogP contribution >= 0.6 is 0 Å². The van der Waals surface area contributed by atoms with Gasteiger partial charge in [0.1, 0.15) is 0 Å². The van der Waals surface area contributed by atoms with E-state index in [0.717, 1.165) is 0 Å². The van der Waals surface area contributed by atoms with Gasteiger partial charge in [-0.3, -0.25) is 19.8 Å². The number of nitro benzene ring substituents is 1. The summed E-state index contributed by atoms with van der Waals surface area (Å²) in [5, 5.41) is 22.1. The Morgan fingerprint density at radius 1 is 1.40 bits per heavy atom. The summed E-state index contributed by atoms with van der Waals surface area (Å²) in [5.74, 6) is -0.221. The van der Waals surface area contributed by atoms with E-state index >= 15 is 0 Å². The van der Waals surface area contributed by atoms with Crippen molar-refractivity contribution in [2.24, 2.45) is 0 Å². The molecule has 1 amide bonds. The van der Waals surface area contributed by atoms with Gasteiger partial charge in [0, 0.05) is 30.4 Å². The van der Waals surface area contributed by atoms with E-state index in [1.807, 2.05) is 18.7 Å². The topological polar surface area (TPSA) is 95.7 Å². The molecule has 0 radical (unpaired) electrons. The summed E-state index contributed by atoms with van der Waals surface area (Å²) in [4.78, 5) is 23.7. The fraction of sp³-hybridized carbons (Fsp3) is 0.462. The van der Waals surface area contributed by atoms with Crippen LogP contribution in [0.5, 0.6) is 0 Å². The molecule has 0 unspecified atom stereocenters. The van der Waals surface area contributed by atoms with Crippen molar-refractivity contribution < 1.29 is 14.8 Å². The Morgan fingerprint density at radius 2 is 2.00 bits per heavy atom. The van der Waals surface area contributed by atoms with Crippen LogP contribution in [-0.4, -0.2) is 46.6 Å². The molecule has 110 valence electrons. The number of amides is 1. The zero-order valence-corrected chi connectivity index (χ0v) is 11.6. The number of carbonyl (C=O) groups excluding carboxylic acids is 1. The monoisotopic (exact) mass is 281 g/mol. The van der Waals surface area contributed by atoms with Gasteiger partial charge in [-0.2, -0.15) is 0 Å². The summed E-state index contributed by atoms with van der Waals surface area (Å²) in [6, 6.07) is 5.79. The van der Waals surface area contributed by atoms with Crippen LogP contribution in [0.2, 0.25) is 0 Å². The van der Waals surface area contributed by atoms with Crippen molar-refractivity contribution in [1.82, 2.24) is 4.90 Å². The van der Waals surface area contributed by atoms with E-state index in [0.29, 0.717) is 12.2 Å². The van der Waals surface area contributed by atoms with Crippen molar-refractivity contribution in [2.45, 2.75) is 19.9 Å². The molecular formula is C13H19N3O4. The van der Waals surface area contributed by atoms with E-state index < -0.39 is 4.92 Å². The third-order valence-corrected chi connectivity index (χ3v) is 2.83. The average molecular weight is 281 g/mol. The number of aliphatic hydroxyl groups excluding tert-OH is 1. The van der Waals surface area contributed by atoms with E-state index in [4.69, 9.17) is 5.11 Å². The summed E-state index contributed by atoms with van der Waals surface area (Å²) in [6.45, 7) is 4.45. The number of benzene rings is 1. The maximum Gasteiger partial charge on any atom is 0.269 e. The SMILES string of the molecule is CC(C)N(CCO)CC(=O)Nc1ccc([N+](=O)[O-])cc1. The Morgan fingerprint density at radius 3 is 2.45 bits per heavy atom. The number of nitro groups is 1. The molecule has 0 saturated carbocycles. The summed E-state index contributed by atoms with van der Waals surface area (Å²) in [5.41, 5.74) is 0.486. The van der Waals surface area contributed by atoms with Crippen LogP contribution in [0.25, 0.3) is 0 Å². The van der Waals surface area contributed by atoms with E-state index in [2.05, 4.69) is 5.32 Å². The Bertz CT molecular complexity index is 459. The van der Waals surface area contributed by atoms with Crippen LogP contribution < -0.4 is 5.32 Å². The zero-order valence-electron chi connectivity index (χ0n) is 11.6. The molecule has 7 heteroatoms. The van der Waals surface area contributed by atoms with Gasteiger partial charge in [0.25, 0.3) is 5.69 Å². The molecule has 0 fully saturated rings. The highest BCUT2D eigenvalue weighted by atomic mass is 16.6. The van der Waals surface area contributed by atoms with Crippen LogP contribution in [-0.2, 0) is 4.79 Å². The Hall–Kier alpha value is -1.99. The molecule has 1 rings (SSSR count). The van der Waals surface area contributed by atoms with E-state index in [1.165, 1.54) is 24.3 Å². The quantitative estimate of drug-likeness (QED) is 0.579. The number of hydrogen-bond donors (Lipinski definition) is 2. The fourth-order valence-electron chi connectivity index (χ4n) is 1.70. The second-order valence-electron chi connectivity index (χ2n) is 4.64. The molecule has 0 spiro atoms. The number of aliphatic hydroxyl groups is 1. The second kappa shape index (κ2) is 7.56. The van der Waals surface area contributed by atoms with Gasteiger partial charge in [-0.1, -0.05) is 0 Å². The molecule has 20 heavy (non-hydrogen) atoms. The lowest BCUT2D eigenvalue weighted by Gasteiger charge is -2.24. The summed E-state index contributed by atoms with van der Waals surface area (Å²) in [6.07, 6.45) is 0. The van der Waals surface area contributed by atoms with Crippen molar-refractivity contribution in [3.63, 3.8) is 0 Å². The van der Waals surface area contributed by atoms with Crippen LogP contribution in [0.3, 0.4) is 0 Å². The molecule has 7 nitrogen and oxygen atoms in total. The van der Waals surface area contributed by atoms with Crippen molar-refractivity contribution in [3.05, 3.63) is 34.4 Å². The minimum atomic E-state index is -0.493. The highest BCUT2D eigenvalue weighted by Gasteiger charge is 2.14. The number of nitrogens with one attached hydrogen (secondary N) is 1. The maximum absolute atomic E-state index is 11.9. The number of hydrogen-bond acceptors (Lipinski definition) is 5. The largest absolute Gasteiger partial charge is 0.395 e. The van der Waals surface area contributed by atoms with Gasteiger partial charge in [-0.25, -0.2) is 0 Å². The molecule has 0 bridgehead atoms. The summed E-state index contributed by atoms with van der Waals surface area (Å²) < 4.78 is 0. The number of anilines is 1. The molecule has 0 heterocycles. The third kappa shape index (κ3) is 4.94. The number of nitrogens with zero attached hydrogens (tertiary/aromatic N) is 2. The van der Waals surface area contributed by atoms with Crippen LogP contribution in [0.1, 0.15) is 13.8 Å². The summed E-state index contributed by atoms with van der Waals surface area (Å²) in [7, 11) is 0. The Labute approximate surface area is 117 Å². The smallest absolute Gasteiger partial charge is 0.269 e. The highest BCUT2D eigenvalue weighted by molar-refractivity contribution is 5.92. The van der Waals surface area contributed by atoms with Crippen LogP contribution in [0.4, 0.5) is 11.4 Å². The first-order valence-electron chi connectivity index (χ1n) is 6.33. The van der Waals surface area contributed by atoms with Gasteiger partial charge in [0.05, 0.1) is 18.1 Å². The van der Waals surface area contributed by atoms with Gasteiger partial charge in [0.15, 0.2) is 0 Å². The molecule has 1 aromatic rings. The molecule has 0 aliphatic heterocycles. The van der Waals surface area contributed by atoms with Crippen molar-refractivity contribution in [2.75, 3.05) is 25.0 Å². The standard InChI is InChI=1S/C13H19N3O4/c1-10(2)15(7-8-17)9-13(18)14-11-3-5-12(6-4-11)16(19)20/h3-6,10,17H,7-9H2,1-2H3,(H,14,18). The van der Waals surface area contributed by atoms with E-state index in [9.17, 15) is 14.9 Å². The highest BCUT2D eigenvalue weighted by Crippen LogP contribution is 2.15. The number of non-ortho nitro benzene ring substituents is 1. The van der Waals surface area contributed by atoms with Crippen molar-refractivity contribution >= 4 is 17.3 Å². The third-order valence-electron chi connectivity index (χ3n) is 2.83. The normalized spacial score (nSPS) is 10.8. The predicted octanol–water partition coefficient (Wildman–Crippen LogP) is 1.24. The van der Waals surface area contributed by atoms with Crippen molar-refractivity contribution in [3.8, 4) is 0 Å². The van der Waals surface area contributed by atoms with Gasteiger partial charge in [0.2, 0.25) is 5.91 Å². The molecule has 0 atom stereocenters. The van der Waals surface area contributed by atoms with Gasteiger partial charge in [-0.05, 0) is 26.0 Å². The molecule has 1 aromatic carbocycles. The van der Waals surface area contributed by atoms with E-state index in [1.54, 1.807) is 0 Å². The number of carbonyl (C=O) groups is 1. The van der Waals surface area contributed by atoms with Crippen LogP contribution in [0.15, 0.2) is 24.3 Å². The Balaban J connectivity index is 2.59. The predicted molar refractivity (Wildman–Crippen MR) is 75.5 cm³/mol. The molecule has 2 N–H and O–H groups in total. The second-order valence-corrected chi connectivity index (χ2v) is 4.64. The lowest BCUT2D eigenvalue weighted by Crippen LogP contribution is -2.39.